The quantitative estimate of drug-likeness (QED) is 0.560. The van der Waals surface area contributed by atoms with Gasteiger partial charge in [-0.1, -0.05) is 74.5 Å². The van der Waals surface area contributed by atoms with Crippen molar-refractivity contribution in [2.75, 3.05) is 5.75 Å². The summed E-state index contributed by atoms with van der Waals surface area (Å²) in [6, 6.07) is 19.6. The van der Waals surface area contributed by atoms with Gasteiger partial charge < -0.3 is 4.74 Å². The van der Waals surface area contributed by atoms with Crippen LogP contribution in [0.4, 0.5) is 4.79 Å². The normalized spacial score (nSPS) is 20.0. The van der Waals surface area contributed by atoms with Crippen molar-refractivity contribution >= 4 is 23.8 Å². The molecule has 0 saturated carbocycles. The molecule has 1 aliphatic rings. The van der Waals surface area contributed by atoms with Crippen LogP contribution in [0.3, 0.4) is 0 Å². The largest absolute Gasteiger partial charge is 0.439 e. The third-order valence-corrected chi connectivity index (χ3v) is 6.35. The molecule has 0 N–H and O–H groups in total. The second-order valence-corrected chi connectivity index (χ2v) is 9.02. The smallest absolute Gasteiger partial charge is 0.417 e. The minimum Gasteiger partial charge on any atom is -0.439 e. The third-order valence-electron chi connectivity index (χ3n) is 5.17. The maximum Gasteiger partial charge on any atom is 0.417 e. The number of carbonyl (C=O) groups is 2. The molecule has 0 bridgehead atoms. The predicted octanol–water partition coefficient (Wildman–Crippen LogP) is 5.69. The first kappa shape index (κ1) is 21.4. The third kappa shape index (κ3) is 5.41. The Hall–Kier alpha value is -2.27. The molecule has 4 nitrogen and oxygen atoms in total. The zero-order valence-electron chi connectivity index (χ0n) is 17.3. The van der Waals surface area contributed by atoms with E-state index in [9.17, 15) is 9.59 Å². The molecule has 0 aliphatic carbocycles. The molecule has 0 aromatic heterocycles. The molecule has 1 saturated heterocycles. The summed E-state index contributed by atoms with van der Waals surface area (Å²) in [5.74, 6) is 1.61. The average molecular weight is 412 g/mol. The Morgan fingerprint density at radius 1 is 1.07 bits per heavy atom. The van der Waals surface area contributed by atoms with Crippen molar-refractivity contribution in [2.24, 2.45) is 11.8 Å². The SMILES string of the molecule is CC(C)C[C@H](CSCc1ccccc1)C(=O)N1C(=O)O[C@H](c2ccccc2)[C@@H]1C. The van der Waals surface area contributed by atoms with E-state index in [0.29, 0.717) is 11.7 Å². The van der Waals surface area contributed by atoms with E-state index in [1.54, 1.807) is 11.8 Å². The van der Waals surface area contributed by atoms with E-state index in [0.717, 1.165) is 17.7 Å². The predicted molar refractivity (Wildman–Crippen MR) is 118 cm³/mol. The lowest BCUT2D eigenvalue weighted by atomic mass is 9.96. The Balaban J connectivity index is 1.68. The van der Waals surface area contributed by atoms with Gasteiger partial charge in [0.25, 0.3) is 0 Å². The molecular formula is C24H29NO3S. The Morgan fingerprint density at radius 3 is 2.31 bits per heavy atom. The van der Waals surface area contributed by atoms with Crippen LogP contribution in [0.15, 0.2) is 60.7 Å². The van der Waals surface area contributed by atoms with Crippen LogP contribution in [0, 0.1) is 11.8 Å². The van der Waals surface area contributed by atoms with E-state index in [4.69, 9.17) is 4.74 Å². The topological polar surface area (TPSA) is 46.6 Å². The molecule has 2 aromatic rings. The van der Waals surface area contributed by atoms with Gasteiger partial charge >= 0.3 is 6.09 Å². The number of hydrogen-bond donors (Lipinski definition) is 0. The van der Waals surface area contributed by atoms with Crippen molar-refractivity contribution in [3.8, 4) is 0 Å². The standard InChI is InChI=1S/C24H29NO3S/c1-17(2)14-21(16-29-15-19-10-6-4-7-11-19)23(26)25-18(3)22(28-24(25)27)20-12-8-5-9-13-20/h4-13,17-18,21-22H,14-16H2,1-3H3/t18-,21+,22-/m0/s1. The number of rotatable bonds is 8. The first-order valence-electron chi connectivity index (χ1n) is 10.2. The summed E-state index contributed by atoms with van der Waals surface area (Å²) < 4.78 is 5.58. The number of amides is 2. The van der Waals surface area contributed by atoms with E-state index in [1.165, 1.54) is 10.5 Å². The minimum absolute atomic E-state index is 0.116. The summed E-state index contributed by atoms with van der Waals surface area (Å²) >= 11 is 1.74. The molecule has 1 aliphatic heterocycles. The fourth-order valence-corrected chi connectivity index (χ4v) is 4.85. The van der Waals surface area contributed by atoms with Gasteiger partial charge in [-0.15, -0.1) is 0 Å². The monoisotopic (exact) mass is 411 g/mol. The molecule has 0 radical (unpaired) electrons. The number of imide groups is 1. The van der Waals surface area contributed by atoms with Crippen LogP contribution in [0.5, 0.6) is 0 Å². The minimum atomic E-state index is -0.529. The fourth-order valence-electron chi connectivity index (χ4n) is 3.74. The number of thioether (sulfide) groups is 1. The van der Waals surface area contributed by atoms with Crippen molar-refractivity contribution in [3.05, 3.63) is 71.8 Å². The first-order chi connectivity index (χ1) is 14.0. The molecule has 1 heterocycles. The molecular weight excluding hydrogens is 382 g/mol. The van der Waals surface area contributed by atoms with Crippen molar-refractivity contribution < 1.29 is 14.3 Å². The highest BCUT2D eigenvalue weighted by Gasteiger charge is 2.45. The molecule has 2 aromatic carbocycles. The van der Waals surface area contributed by atoms with Crippen LogP contribution in [-0.2, 0) is 15.3 Å². The lowest BCUT2D eigenvalue weighted by Crippen LogP contribution is -2.42. The average Bonchev–Trinajstić information content (AvgIpc) is 3.02. The number of ether oxygens (including phenoxy) is 1. The van der Waals surface area contributed by atoms with Crippen LogP contribution in [0.2, 0.25) is 0 Å². The van der Waals surface area contributed by atoms with E-state index in [2.05, 4.69) is 26.0 Å². The van der Waals surface area contributed by atoms with Gasteiger partial charge in [-0.2, -0.15) is 11.8 Å². The zero-order valence-corrected chi connectivity index (χ0v) is 18.1. The van der Waals surface area contributed by atoms with E-state index >= 15 is 0 Å². The molecule has 29 heavy (non-hydrogen) atoms. The maximum absolute atomic E-state index is 13.3. The number of hydrogen-bond acceptors (Lipinski definition) is 4. The summed E-state index contributed by atoms with van der Waals surface area (Å²) in [5, 5.41) is 0. The van der Waals surface area contributed by atoms with Crippen molar-refractivity contribution in [1.82, 2.24) is 4.90 Å². The summed E-state index contributed by atoms with van der Waals surface area (Å²) in [6.07, 6.45) is -0.185. The summed E-state index contributed by atoms with van der Waals surface area (Å²) in [4.78, 5) is 27.2. The highest BCUT2D eigenvalue weighted by atomic mass is 32.2. The first-order valence-corrected chi connectivity index (χ1v) is 11.3. The van der Waals surface area contributed by atoms with Crippen molar-refractivity contribution in [1.29, 1.82) is 0 Å². The molecule has 0 unspecified atom stereocenters. The second-order valence-electron chi connectivity index (χ2n) is 7.99. The Kier molecular flexibility index (Phi) is 7.37. The van der Waals surface area contributed by atoms with E-state index in [-0.39, 0.29) is 17.9 Å². The molecule has 3 rings (SSSR count). The van der Waals surface area contributed by atoms with Crippen LogP contribution >= 0.6 is 11.8 Å². The number of cyclic esters (lactones) is 1. The number of nitrogens with zero attached hydrogens (tertiary/aromatic N) is 1. The van der Waals surface area contributed by atoms with Gasteiger partial charge in [-0.25, -0.2) is 9.69 Å². The number of carbonyl (C=O) groups excluding carboxylic acids is 2. The Bertz CT molecular complexity index is 809. The van der Waals surface area contributed by atoms with Gasteiger partial charge in [-0.05, 0) is 30.4 Å². The van der Waals surface area contributed by atoms with Crippen LogP contribution in [-0.4, -0.2) is 28.7 Å². The van der Waals surface area contributed by atoms with Crippen LogP contribution in [0.1, 0.15) is 44.4 Å². The number of benzene rings is 2. The van der Waals surface area contributed by atoms with Crippen molar-refractivity contribution in [3.63, 3.8) is 0 Å². The van der Waals surface area contributed by atoms with E-state index < -0.39 is 12.2 Å². The van der Waals surface area contributed by atoms with Crippen LogP contribution < -0.4 is 0 Å². The van der Waals surface area contributed by atoms with Gasteiger partial charge in [0.2, 0.25) is 5.91 Å². The van der Waals surface area contributed by atoms with Crippen molar-refractivity contribution in [2.45, 2.75) is 45.1 Å². The molecule has 154 valence electrons. The zero-order chi connectivity index (χ0) is 20.8. The second kappa shape index (κ2) is 9.97. The van der Waals surface area contributed by atoms with Crippen LogP contribution in [0.25, 0.3) is 0 Å². The lowest BCUT2D eigenvalue weighted by molar-refractivity contribution is -0.133. The molecule has 2 amide bonds. The molecule has 0 spiro atoms. The van der Waals surface area contributed by atoms with E-state index in [1.807, 2.05) is 55.5 Å². The highest BCUT2D eigenvalue weighted by molar-refractivity contribution is 7.98. The highest BCUT2D eigenvalue weighted by Crippen LogP contribution is 2.34. The molecule has 5 heteroatoms. The molecule has 1 fully saturated rings. The lowest BCUT2D eigenvalue weighted by Gasteiger charge is -2.25. The fraction of sp³-hybridized carbons (Fsp3) is 0.417. The maximum atomic E-state index is 13.3. The van der Waals surface area contributed by atoms with Gasteiger partial charge in [0.1, 0.15) is 6.10 Å². The van der Waals surface area contributed by atoms with Gasteiger partial charge in [-0.3, -0.25) is 4.79 Å². The summed E-state index contributed by atoms with van der Waals surface area (Å²) in [6.45, 7) is 6.12. The Morgan fingerprint density at radius 2 is 1.69 bits per heavy atom. The summed E-state index contributed by atoms with van der Waals surface area (Å²) in [5.41, 5.74) is 2.16. The van der Waals surface area contributed by atoms with Gasteiger partial charge in [0.15, 0.2) is 0 Å². The van der Waals surface area contributed by atoms with Gasteiger partial charge in [0.05, 0.1) is 6.04 Å². The molecule has 3 atom stereocenters. The van der Waals surface area contributed by atoms with Gasteiger partial charge in [0, 0.05) is 17.4 Å². The Labute approximate surface area is 177 Å². The summed E-state index contributed by atoms with van der Waals surface area (Å²) in [7, 11) is 0.